The predicted octanol–water partition coefficient (Wildman–Crippen LogP) is 2.52. The lowest BCUT2D eigenvalue weighted by atomic mass is 10.00. The smallest absolute Gasteiger partial charge is 0.408 e. The number of rotatable bonds is 7. The minimum absolute atomic E-state index is 0.103. The maximum absolute atomic E-state index is 13.4. The third-order valence-corrected chi connectivity index (χ3v) is 4.35. The van der Waals surface area contributed by atoms with Crippen LogP contribution < -0.4 is 10.6 Å². The summed E-state index contributed by atoms with van der Waals surface area (Å²) in [6.07, 6.45) is -0.833. The summed E-state index contributed by atoms with van der Waals surface area (Å²) in [4.78, 5) is 39.8. The van der Waals surface area contributed by atoms with E-state index in [1.54, 1.807) is 53.7 Å². The zero-order chi connectivity index (χ0) is 24.7. The largest absolute Gasteiger partial charge is 0.508 e. The molecule has 10 heteroatoms. The second kappa shape index (κ2) is 11.1. The van der Waals surface area contributed by atoms with Crippen LogP contribution in [0.2, 0.25) is 0 Å². The van der Waals surface area contributed by atoms with Crippen LogP contribution in [0.5, 0.6) is 5.75 Å². The zero-order valence-corrected chi connectivity index (χ0v) is 20.2. The quantitative estimate of drug-likeness (QED) is 0.362. The summed E-state index contributed by atoms with van der Waals surface area (Å²) in [6.45, 7) is 9.87. The summed E-state index contributed by atoms with van der Waals surface area (Å²) in [5, 5.41) is 25.0. The fourth-order valence-corrected chi connectivity index (χ4v) is 3.06. The fourth-order valence-electron chi connectivity index (χ4n) is 2.82. The number of aromatic hydroxyl groups is 1. The standard InChI is InChI=1S/C22H32N4O5S/c1-21(2,3)25-18(28)17(14-9-7-8-10-16(14)27)26(12-11-23)19(29)15(13-32)24-20(30)31-22(4,5)6/h7-10,15,17,27,32H,12-13H2,1-6H3,(H,24,30)(H,25,28). The second-order valence-electron chi connectivity index (χ2n) is 9.21. The monoisotopic (exact) mass is 464 g/mol. The van der Waals surface area contributed by atoms with E-state index in [0.29, 0.717) is 0 Å². The number of hydrogen-bond donors (Lipinski definition) is 4. The number of carbonyl (C=O) groups excluding carboxylic acids is 3. The van der Waals surface area contributed by atoms with Gasteiger partial charge >= 0.3 is 6.09 Å². The number of thiol groups is 1. The SMILES string of the molecule is CC(C)(C)NC(=O)C(c1ccccc1O)N(CC#N)C(=O)C(CS)NC(=O)OC(C)(C)C. The van der Waals surface area contributed by atoms with Gasteiger partial charge in [-0.15, -0.1) is 0 Å². The highest BCUT2D eigenvalue weighted by Crippen LogP contribution is 2.30. The number of phenols is 1. The van der Waals surface area contributed by atoms with Gasteiger partial charge in [-0.2, -0.15) is 17.9 Å². The first-order valence-corrected chi connectivity index (χ1v) is 10.7. The third-order valence-electron chi connectivity index (χ3n) is 3.99. The van der Waals surface area contributed by atoms with Crippen molar-refractivity contribution in [3.05, 3.63) is 29.8 Å². The Balaban J connectivity index is 3.39. The zero-order valence-electron chi connectivity index (χ0n) is 19.3. The molecule has 32 heavy (non-hydrogen) atoms. The Hall–Kier alpha value is -2.93. The molecule has 0 bridgehead atoms. The molecule has 0 saturated carbocycles. The lowest BCUT2D eigenvalue weighted by Crippen LogP contribution is -2.55. The molecule has 0 aliphatic rings. The van der Waals surface area contributed by atoms with Crippen molar-refractivity contribution in [3.63, 3.8) is 0 Å². The molecule has 9 nitrogen and oxygen atoms in total. The lowest BCUT2D eigenvalue weighted by Gasteiger charge is -2.34. The highest BCUT2D eigenvalue weighted by atomic mass is 32.1. The van der Waals surface area contributed by atoms with Crippen LogP contribution in [0, 0.1) is 11.3 Å². The van der Waals surface area contributed by atoms with Crippen molar-refractivity contribution in [3.8, 4) is 11.8 Å². The molecular weight excluding hydrogens is 432 g/mol. The number of alkyl carbamates (subject to hydrolysis) is 1. The van der Waals surface area contributed by atoms with Gasteiger partial charge in [0.2, 0.25) is 11.8 Å². The number of nitrogens with one attached hydrogen (secondary N) is 2. The van der Waals surface area contributed by atoms with Gasteiger partial charge in [-0.25, -0.2) is 4.79 Å². The van der Waals surface area contributed by atoms with Crippen LogP contribution in [0.15, 0.2) is 24.3 Å². The molecule has 0 saturated heterocycles. The Kier molecular flexibility index (Phi) is 9.39. The molecular formula is C22H32N4O5S. The van der Waals surface area contributed by atoms with Crippen LogP contribution in [-0.4, -0.2) is 57.4 Å². The summed E-state index contributed by atoms with van der Waals surface area (Å²) >= 11 is 4.15. The van der Waals surface area contributed by atoms with E-state index >= 15 is 0 Å². The van der Waals surface area contributed by atoms with Gasteiger partial charge in [-0.1, -0.05) is 18.2 Å². The highest BCUT2D eigenvalue weighted by molar-refractivity contribution is 7.80. The molecule has 3 amide bonds. The number of carbonyl (C=O) groups is 3. The maximum atomic E-state index is 13.4. The Morgan fingerprint density at radius 3 is 2.25 bits per heavy atom. The van der Waals surface area contributed by atoms with Crippen LogP contribution in [0.3, 0.4) is 0 Å². The molecule has 176 valence electrons. The fraction of sp³-hybridized carbons (Fsp3) is 0.545. The van der Waals surface area contributed by atoms with E-state index in [1.807, 2.05) is 6.07 Å². The number of amides is 3. The van der Waals surface area contributed by atoms with Crippen LogP contribution in [-0.2, 0) is 14.3 Å². The van der Waals surface area contributed by atoms with Crippen LogP contribution in [0.4, 0.5) is 4.79 Å². The molecule has 0 aliphatic carbocycles. The molecule has 0 radical (unpaired) electrons. The molecule has 3 N–H and O–H groups in total. The van der Waals surface area contributed by atoms with Crippen LogP contribution >= 0.6 is 12.6 Å². The van der Waals surface area contributed by atoms with Gasteiger partial charge < -0.3 is 25.4 Å². The number of para-hydroxylation sites is 1. The van der Waals surface area contributed by atoms with Crippen molar-refractivity contribution in [1.29, 1.82) is 5.26 Å². The average Bonchev–Trinajstić information content (AvgIpc) is 2.63. The molecule has 0 fully saturated rings. The Labute approximate surface area is 194 Å². The van der Waals surface area contributed by atoms with Crippen molar-refractivity contribution in [1.82, 2.24) is 15.5 Å². The topological polar surface area (TPSA) is 132 Å². The number of hydrogen-bond acceptors (Lipinski definition) is 7. The summed E-state index contributed by atoms with van der Waals surface area (Å²) in [7, 11) is 0. The molecule has 1 rings (SSSR count). The molecule has 0 spiro atoms. The van der Waals surface area contributed by atoms with Crippen LogP contribution in [0.25, 0.3) is 0 Å². The molecule has 1 aromatic rings. The van der Waals surface area contributed by atoms with Crippen molar-refractivity contribution in [2.24, 2.45) is 0 Å². The normalized spacial score (nSPS) is 13.3. The van der Waals surface area contributed by atoms with E-state index in [0.717, 1.165) is 4.90 Å². The van der Waals surface area contributed by atoms with Gasteiger partial charge in [-0.3, -0.25) is 9.59 Å². The highest BCUT2D eigenvalue weighted by Gasteiger charge is 2.38. The van der Waals surface area contributed by atoms with Crippen molar-refractivity contribution < 1.29 is 24.2 Å². The number of ether oxygens (including phenoxy) is 1. The molecule has 0 aliphatic heterocycles. The number of phenolic OH excluding ortho intramolecular Hbond substituents is 1. The van der Waals surface area contributed by atoms with Crippen LogP contribution in [0.1, 0.15) is 53.1 Å². The van der Waals surface area contributed by atoms with Gasteiger partial charge in [0.25, 0.3) is 0 Å². The maximum Gasteiger partial charge on any atom is 0.408 e. The van der Waals surface area contributed by atoms with E-state index in [9.17, 15) is 24.8 Å². The average molecular weight is 465 g/mol. The Morgan fingerprint density at radius 1 is 1.19 bits per heavy atom. The first-order valence-electron chi connectivity index (χ1n) is 10.1. The van der Waals surface area contributed by atoms with E-state index in [1.165, 1.54) is 12.1 Å². The number of benzene rings is 1. The van der Waals surface area contributed by atoms with Gasteiger partial charge in [0.15, 0.2) is 0 Å². The summed E-state index contributed by atoms with van der Waals surface area (Å²) < 4.78 is 5.20. The first-order chi connectivity index (χ1) is 14.7. The number of nitrogens with zero attached hydrogens (tertiary/aromatic N) is 2. The van der Waals surface area contributed by atoms with Gasteiger partial charge in [-0.05, 0) is 47.6 Å². The Morgan fingerprint density at radius 2 is 1.78 bits per heavy atom. The van der Waals surface area contributed by atoms with Gasteiger partial charge in [0.1, 0.15) is 30.0 Å². The second-order valence-corrected chi connectivity index (χ2v) is 9.57. The molecule has 0 aromatic heterocycles. The van der Waals surface area contributed by atoms with E-state index < -0.39 is 47.7 Å². The van der Waals surface area contributed by atoms with Crippen molar-refractivity contribution >= 4 is 30.5 Å². The molecule has 1 aromatic carbocycles. The molecule has 2 unspecified atom stereocenters. The van der Waals surface area contributed by atoms with E-state index in [4.69, 9.17) is 4.74 Å². The van der Waals surface area contributed by atoms with E-state index in [-0.39, 0.29) is 17.1 Å². The predicted molar refractivity (Wildman–Crippen MR) is 123 cm³/mol. The minimum Gasteiger partial charge on any atom is -0.508 e. The summed E-state index contributed by atoms with van der Waals surface area (Å²) in [5.41, 5.74) is -1.28. The molecule has 0 heterocycles. The minimum atomic E-state index is -1.31. The first kappa shape index (κ1) is 27.1. The van der Waals surface area contributed by atoms with Crippen molar-refractivity contribution in [2.45, 2.75) is 64.8 Å². The van der Waals surface area contributed by atoms with Gasteiger partial charge in [0.05, 0.1) is 6.07 Å². The molecule has 2 atom stereocenters. The van der Waals surface area contributed by atoms with Crippen molar-refractivity contribution in [2.75, 3.05) is 12.3 Å². The van der Waals surface area contributed by atoms with Gasteiger partial charge in [0, 0.05) is 16.9 Å². The third kappa shape index (κ3) is 8.30. The van der Waals surface area contributed by atoms with E-state index in [2.05, 4.69) is 23.3 Å². The lowest BCUT2D eigenvalue weighted by molar-refractivity contribution is -0.142. The summed E-state index contributed by atoms with van der Waals surface area (Å²) in [5.74, 6) is -1.61. The number of nitriles is 1. The summed E-state index contributed by atoms with van der Waals surface area (Å²) in [6, 6.07) is 5.47. The Bertz CT molecular complexity index is 870.